The van der Waals surface area contributed by atoms with Crippen molar-refractivity contribution < 1.29 is 15.0 Å². The molecular weight excluding hydrogens is 296 g/mol. The molecule has 0 saturated carbocycles. The van der Waals surface area contributed by atoms with Crippen molar-refractivity contribution in [1.29, 1.82) is 5.26 Å². The molecule has 0 amide bonds. The normalized spacial score (nSPS) is 10.2. The van der Waals surface area contributed by atoms with Gasteiger partial charge in [0.1, 0.15) is 23.1 Å². The predicted molar refractivity (Wildman–Crippen MR) is 80.1 cm³/mol. The molecule has 2 N–H and O–H groups in total. The number of carboxylic acids is 1. The van der Waals surface area contributed by atoms with Crippen LogP contribution in [0.4, 0.5) is 0 Å². The van der Waals surface area contributed by atoms with Gasteiger partial charge in [0, 0.05) is 5.56 Å². The molecule has 0 unspecified atom stereocenters. The Bertz CT molecular complexity index is 926. The maximum Gasteiger partial charge on any atom is 0.339 e. The van der Waals surface area contributed by atoms with Crippen molar-refractivity contribution in [2.45, 2.75) is 0 Å². The summed E-state index contributed by atoms with van der Waals surface area (Å²) >= 11 is 0. The first-order chi connectivity index (χ1) is 11.1. The minimum Gasteiger partial charge on any atom is -0.507 e. The monoisotopic (exact) mass is 306 g/mol. The van der Waals surface area contributed by atoms with Crippen LogP contribution < -0.4 is 0 Å². The first-order valence-corrected chi connectivity index (χ1v) is 6.59. The van der Waals surface area contributed by atoms with Gasteiger partial charge in [-0.25, -0.2) is 9.48 Å². The van der Waals surface area contributed by atoms with Crippen molar-refractivity contribution in [3.05, 3.63) is 59.8 Å². The number of hydrogen-bond acceptors (Lipinski definition) is 5. The van der Waals surface area contributed by atoms with E-state index in [2.05, 4.69) is 10.3 Å². The standard InChI is InChI=1S/C16H10N4O3/c17-9-13-15(10-4-2-1-3-5-10)20(19-18-13)11-6-7-14(21)12(8-11)16(22)23/h1-8,21H,(H,22,23). The molecule has 0 aliphatic rings. The van der Waals surface area contributed by atoms with Gasteiger partial charge in [-0.3, -0.25) is 0 Å². The third-order valence-corrected chi connectivity index (χ3v) is 3.28. The second-order valence-corrected chi connectivity index (χ2v) is 4.68. The molecule has 0 radical (unpaired) electrons. The van der Waals surface area contributed by atoms with Crippen molar-refractivity contribution in [3.8, 4) is 28.8 Å². The van der Waals surface area contributed by atoms with Crippen LogP contribution >= 0.6 is 0 Å². The largest absolute Gasteiger partial charge is 0.507 e. The van der Waals surface area contributed by atoms with E-state index in [1.165, 1.54) is 22.9 Å². The zero-order valence-electron chi connectivity index (χ0n) is 11.7. The summed E-state index contributed by atoms with van der Waals surface area (Å²) in [6.45, 7) is 0. The van der Waals surface area contributed by atoms with Crippen molar-refractivity contribution in [3.63, 3.8) is 0 Å². The Balaban J connectivity index is 2.23. The minimum absolute atomic E-state index is 0.126. The fraction of sp³-hybridized carbons (Fsp3) is 0. The molecule has 0 bridgehead atoms. The lowest BCUT2D eigenvalue weighted by atomic mass is 10.1. The number of phenols is 1. The van der Waals surface area contributed by atoms with Gasteiger partial charge in [0.15, 0.2) is 5.69 Å². The van der Waals surface area contributed by atoms with E-state index in [0.717, 1.165) is 5.56 Å². The van der Waals surface area contributed by atoms with E-state index in [9.17, 15) is 15.2 Å². The highest BCUT2D eigenvalue weighted by molar-refractivity contribution is 5.91. The number of rotatable bonds is 3. The topological polar surface area (TPSA) is 112 Å². The molecule has 1 aromatic heterocycles. The molecular formula is C16H10N4O3. The quantitative estimate of drug-likeness (QED) is 0.767. The lowest BCUT2D eigenvalue weighted by Gasteiger charge is -2.08. The first-order valence-electron chi connectivity index (χ1n) is 6.59. The molecule has 1 heterocycles. The van der Waals surface area contributed by atoms with E-state index in [0.29, 0.717) is 11.4 Å². The van der Waals surface area contributed by atoms with E-state index in [1.54, 1.807) is 12.1 Å². The van der Waals surface area contributed by atoms with Crippen molar-refractivity contribution >= 4 is 5.97 Å². The van der Waals surface area contributed by atoms with Gasteiger partial charge in [0.05, 0.1) is 5.69 Å². The molecule has 112 valence electrons. The number of aromatic carboxylic acids is 1. The summed E-state index contributed by atoms with van der Waals surface area (Å²) in [6, 6.07) is 15.1. The number of carbonyl (C=O) groups is 1. The van der Waals surface area contributed by atoms with E-state index in [-0.39, 0.29) is 17.0 Å². The van der Waals surface area contributed by atoms with Gasteiger partial charge in [-0.1, -0.05) is 35.5 Å². The maximum absolute atomic E-state index is 11.2. The zero-order valence-corrected chi connectivity index (χ0v) is 11.7. The van der Waals surface area contributed by atoms with Crippen LogP contribution in [0.15, 0.2) is 48.5 Å². The molecule has 0 spiro atoms. The number of hydrogen-bond donors (Lipinski definition) is 2. The fourth-order valence-corrected chi connectivity index (χ4v) is 2.22. The van der Waals surface area contributed by atoms with Crippen molar-refractivity contribution in [1.82, 2.24) is 15.0 Å². The van der Waals surface area contributed by atoms with Crippen LogP contribution in [0.5, 0.6) is 5.75 Å². The highest BCUT2D eigenvalue weighted by Gasteiger charge is 2.18. The Morgan fingerprint density at radius 2 is 1.91 bits per heavy atom. The van der Waals surface area contributed by atoms with E-state index >= 15 is 0 Å². The molecule has 3 aromatic rings. The average Bonchev–Trinajstić information content (AvgIpc) is 2.99. The number of aromatic nitrogens is 3. The number of aromatic hydroxyl groups is 1. The van der Waals surface area contributed by atoms with Crippen LogP contribution in [0.3, 0.4) is 0 Å². The number of nitrogens with zero attached hydrogens (tertiary/aromatic N) is 4. The van der Waals surface area contributed by atoms with Crippen LogP contribution in [-0.2, 0) is 0 Å². The number of carboxylic acid groups (broad SMARTS) is 1. The van der Waals surface area contributed by atoms with E-state index in [4.69, 9.17) is 5.11 Å². The van der Waals surface area contributed by atoms with Crippen LogP contribution in [0, 0.1) is 11.3 Å². The Morgan fingerprint density at radius 3 is 2.57 bits per heavy atom. The molecule has 3 rings (SSSR count). The molecule has 7 heteroatoms. The summed E-state index contributed by atoms with van der Waals surface area (Å²) in [4.78, 5) is 11.2. The predicted octanol–water partition coefficient (Wildman–Crippen LogP) is 2.21. The van der Waals surface area contributed by atoms with Gasteiger partial charge in [0.2, 0.25) is 0 Å². The van der Waals surface area contributed by atoms with Crippen molar-refractivity contribution in [2.75, 3.05) is 0 Å². The molecule has 2 aromatic carbocycles. The molecule has 23 heavy (non-hydrogen) atoms. The van der Waals surface area contributed by atoms with Gasteiger partial charge in [-0.2, -0.15) is 5.26 Å². The molecule has 0 atom stereocenters. The van der Waals surface area contributed by atoms with Crippen LogP contribution in [-0.4, -0.2) is 31.2 Å². The van der Waals surface area contributed by atoms with Crippen LogP contribution in [0.1, 0.15) is 16.1 Å². The lowest BCUT2D eigenvalue weighted by molar-refractivity contribution is 0.0693. The lowest BCUT2D eigenvalue weighted by Crippen LogP contribution is -2.03. The summed E-state index contributed by atoms with van der Waals surface area (Å²) in [5.74, 6) is -1.60. The summed E-state index contributed by atoms with van der Waals surface area (Å²) < 4.78 is 1.37. The first kappa shape index (κ1) is 14.3. The summed E-state index contributed by atoms with van der Waals surface area (Å²) in [6.07, 6.45) is 0. The third kappa shape index (κ3) is 2.49. The van der Waals surface area contributed by atoms with Crippen LogP contribution in [0.2, 0.25) is 0 Å². The molecule has 0 saturated heterocycles. The SMILES string of the molecule is N#Cc1nnn(-c2ccc(O)c(C(=O)O)c2)c1-c1ccccc1. The average molecular weight is 306 g/mol. The van der Waals surface area contributed by atoms with Gasteiger partial charge < -0.3 is 10.2 Å². The highest BCUT2D eigenvalue weighted by atomic mass is 16.4. The van der Waals surface area contributed by atoms with E-state index < -0.39 is 5.97 Å². The second kappa shape index (κ2) is 5.61. The smallest absolute Gasteiger partial charge is 0.339 e. The molecule has 0 aliphatic heterocycles. The Labute approximate surface area is 130 Å². The Hall–Kier alpha value is -3.66. The van der Waals surface area contributed by atoms with Gasteiger partial charge in [0.25, 0.3) is 0 Å². The van der Waals surface area contributed by atoms with E-state index in [1.807, 2.05) is 24.3 Å². The summed E-state index contributed by atoms with van der Waals surface area (Å²) in [5, 5.41) is 35.7. The fourth-order valence-electron chi connectivity index (χ4n) is 2.22. The summed E-state index contributed by atoms with van der Waals surface area (Å²) in [5.41, 5.74) is 1.43. The Kier molecular flexibility index (Phi) is 3.49. The third-order valence-electron chi connectivity index (χ3n) is 3.28. The van der Waals surface area contributed by atoms with Crippen LogP contribution in [0.25, 0.3) is 16.9 Å². The molecule has 0 fully saturated rings. The summed E-state index contributed by atoms with van der Waals surface area (Å²) in [7, 11) is 0. The van der Waals surface area contributed by atoms with Gasteiger partial charge in [-0.15, -0.1) is 5.10 Å². The van der Waals surface area contributed by atoms with Gasteiger partial charge in [-0.05, 0) is 18.2 Å². The highest BCUT2D eigenvalue weighted by Crippen LogP contribution is 2.27. The second-order valence-electron chi connectivity index (χ2n) is 4.68. The van der Waals surface area contributed by atoms with Crippen molar-refractivity contribution in [2.24, 2.45) is 0 Å². The molecule has 0 aliphatic carbocycles. The maximum atomic E-state index is 11.2. The Morgan fingerprint density at radius 1 is 1.17 bits per heavy atom. The minimum atomic E-state index is -1.26. The zero-order chi connectivity index (χ0) is 16.4. The van der Waals surface area contributed by atoms with Gasteiger partial charge >= 0.3 is 5.97 Å². The molecule has 7 nitrogen and oxygen atoms in total. The number of benzene rings is 2. The number of nitriles is 1.